The first kappa shape index (κ1) is 24.3. The number of aryl methyl sites for hydroxylation is 1. The fourth-order valence-electron chi connectivity index (χ4n) is 3.79. The number of carbonyl (C=O) groups is 1. The van der Waals surface area contributed by atoms with Gasteiger partial charge in [0, 0.05) is 12.7 Å². The number of morpholine rings is 1. The molecule has 0 saturated carbocycles. The number of benzene rings is 2. The van der Waals surface area contributed by atoms with Crippen molar-refractivity contribution in [3.8, 4) is 5.75 Å². The summed E-state index contributed by atoms with van der Waals surface area (Å²) in [4.78, 5) is 27.3. The van der Waals surface area contributed by atoms with Crippen molar-refractivity contribution < 1.29 is 27.4 Å². The highest BCUT2D eigenvalue weighted by Crippen LogP contribution is 2.28. The summed E-state index contributed by atoms with van der Waals surface area (Å²) in [5, 5.41) is 2.65. The lowest BCUT2D eigenvalue weighted by Gasteiger charge is -2.33. The zero-order valence-corrected chi connectivity index (χ0v) is 18.9. The molecule has 2 heterocycles. The van der Waals surface area contributed by atoms with Crippen molar-refractivity contribution in [3.05, 3.63) is 93.9 Å². The third kappa shape index (κ3) is 6.42. The average molecular weight is 487 g/mol. The first-order valence-corrected chi connectivity index (χ1v) is 11.0. The Bertz CT molecular complexity index is 1240. The Morgan fingerprint density at radius 2 is 1.91 bits per heavy atom. The highest BCUT2D eigenvalue weighted by Gasteiger charge is 2.32. The number of pyridine rings is 1. The fraction of sp³-hybridized carbons (Fsp3) is 0.280. The van der Waals surface area contributed by atoms with E-state index in [2.05, 4.69) is 10.1 Å². The van der Waals surface area contributed by atoms with Crippen LogP contribution in [0.5, 0.6) is 5.75 Å². The molecular formula is C25H24F3N3O4. The van der Waals surface area contributed by atoms with E-state index in [4.69, 9.17) is 4.74 Å². The number of hydrogen-bond acceptors (Lipinski definition) is 4. The quantitative estimate of drug-likeness (QED) is 0.566. The number of carbonyl (C=O) groups excluding carboxylic acids is 1. The first-order valence-electron chi connectivity index (χ1n) is 11.0. The number of ether oxygens (including phenoxy) is 2. The topological polar surface area (TPSA) is 72.8 Å². The van der Waals surface area contributed by atoms with Gasteiger partial charge in [-0.05, 0) is 42.3 Å². The minimum absolute atomic E-state index is 0.103. The molecule has 2 amide bonds. The Morgan fingerprint density at radius 1 is 1.14 bits per heavy atom. The van der Waals surface area contributed by atoms with Crippen LogP contribution < -0.4 is 15.6 Å². The van der Waals surface area contributed by atoms with Crippen LogP contribution in [0.15, 0.2) is 71.7 Å². The number of halogens is 3. The van der Waals surface area contributed by atoms with Gasteiger partial charge in [0.15, 0.2) is 0 Å². The van der Waals surface area contributed by atoms with Gasteiger partial charge < -0.3 is 24.3 Å². The van der Waals surface area contributed by atoms with Gasteiger partial charge in [-0.25, -0.2) is 4.79 Å². The number of anilines is 1. The molecule has 1 atom stereocenters. The van der Waals surface area contributed by atoms with E-state index in [1.54, 1.807) is 18.3 Å². The Kier molecular flexibility index (Phi) is 7.11. The molecule has 1 N–H and O–H groups in total. The summed E-state index contributed by atoms with van der Waals surface area (Å²) in [7, 11) is 0. The molecule has 0 radical (unpaired) electrons. The van der Waals surface area contributed by atoms with Crippen molar-refractivity contribution in [2.24, 2.45) is 0 Å². The number of alkyl halides is 3. The van der Waals surface area contributed by atoms with Gasteiger partial charge in [-0.3, -0.25) is 4.79 Å². The van der Waals surface area contributed by atoms with Crippen molar-refractivity contribution in [3.63, 3.8) is 0 Å². The summed E-state index contributed by atoms with van der Waals surface area (Å²) < 4.78 is 48.8. The molecule has 1 fully saturated rings. The van der Waals surface area contributed by atoms with Crippen LogP contribution in [0, 0.1) is 6.92 Å². The van der Waals surface area contributed by atoms with Gasteiger partial charge in [0.1, 0.15) is 17.5 Å². The molecule has 35 heavy (non-hydrogen) atoms. The van der Waals surface area contributed by atoms with Gasteiger partial charge in [0.25, 0.3) is 5.56 Å². The van der Waals surface area contributed by atoms with E-state index in [0.717, 1.165) is 11.1 Å². The fourth-order valence-corrected chi connectivity index (χ4v) is 3.79. The number of amides is 2. The van der Waals surface area contributed by atoms with E-state index in [9.17, 15) is 22.8 Å². The Hall–Kier alpha value is -3.79. The zero-order chi connectivity index (χ0) is 25.0. The number of nitrogens with zero attached hydrogens (tertiary/aromatic N) is 2. The standard InChI is InChI=1S/C25H24F3N3O4/c1-17-7-9-18(10-8-17)15-30-11-3-6-21(23(30)32)29-24(33)31-12-13-34-22(16-31)19-4-2-5-20(14-19)35-25(26,27)28/h2-11,14,22H,12-13,15-16H2,1H3,(H,29,33). The van der Waals surface area contributed by atoms with Gasteiger partial charge >= 0.3 is 12.4 Å². The van der Waals surface area contributed by atoms with Crippen LogP contribution in [0.3, 0.4) is 0 Å². The summed E-state index contributed by atoms with van der Waals surface area (Å²) in [5.41, 5.74) is 2.31. The molecule has 1 aliphatic rings. The van der Waals surface area contributed by atoms with Gasteiger partial charge in [-0.1, -0.05) is 42.0 Å². The van der Waals surface area contributed by atoms with E-state index >= 15 is 0 Å². The molecule has 1 saturated heterocycles. The van der Waals surface area contributed by atoms with Gasteiger partial charge in [-0.2, -0.15) is 0 Å². The third-order valence-corrected chi connectivity index (χ3v) is 5.55. The maximum atomic E-state index is 12.9. The summed E-state index contributed by atoms with van der Waals surface area (Å²) in [6, 6.07) is 16.0. The van der Waals surface area contributed by atoms with Crippen LogP contribution in [0.2, 0.25) is 0 Å². The molecule has 7 nitrogen and oxygen atoms in total. The van der Waals surface area contributed by atoms with Crippen molar-refractivity contribution in [1.82, 2.24) is 9.47 Å². The maximum absolute atomic E-state index is 12.9. The third-order valence-electron chi connectivity index (χ3n) is 5.55. The average Bonchev–Trinajstić information content (AvgIpc) is 2.82. The lowest BCUT2D eigenvalue weighted by molar-refractivity contribution is -0.274. The molecule has 1 aliphatic heterocycles. The van der Waals surface area contributed by atoms with Crippen LogP contribution in [0.25, 0.3) is 0 Å². The molecule has 4 rings (SSSR count). The molecule has 10 heteroatoms. The second-order valence-corrected chi connectivity index (χ2v) is 8.20. The summed E-state index contributed by atoms with van der Waals surface area (Å²) >= 11 is 0. The molecular weight excluding hydrogens is 463 g/mol. The smallest absolute Gasteiger partial charge is 0.406 e. The second-order valence-electron chi connectivity index (χ2n) is 8.20. The molecule has 0 spiro atoms. The lowest BCUT2D eigenvalue weighted by Crippen LogP contribution is -2.45. The molecule has 1 unspecified atom stereocenters. The normalized spacial score (nSPS) is 16.1. The summed E-state index contributed by atoms with van der Waals surface area (Å²) in [6.45, 7) is 2.90. The van der Waals surface area contributed by atoms with Crippen LogP contribution in [0.4, 0.5) is 23.7 Å². The van der Waals surface area contributed by atoms with E-state index in [0.29, 0.717) is 12.1 Å². The van der Waals surface area contributed by atoms with Gasteiger partial charge in [0.2, 0.25) is 0 Å². The molecule has 0 aliphatic carbocycles. The molecule has 3 aromatic rings. The molecule has 2 aromatic carbocycles. The number of aromatic nitrogens is 1. The molecule has 184 valence electrons. The Labute approximate surface area is 199 Å². The molecule has 1 aromatic heterocycles. The number of nitrogens with one attached hydrogen (secondary N) is 1. The van der Waals surface area contributed by atoms with Crippen molar-refractivity contribution in [1.29, 1.82) is 0 Å². The Balaban J connectivity index is 1.43. The number of urea groups is 1. The minimum Gasteiger partial charge on any atom is -0.406 e. The summed E-state index contributed by atoms with van der Waals surface area (Å²) in [6.07, 6.45) is -3.79. The SMILES string of the molecule is Cc1ccc(Cn2cccc(NC(=O)N3CCOC(c4cccc(OC(F)(F)F)c4)C3)c2=O)cc1. The summed E-state index contributed by atoms with van der Waals surface area (Å²) in [5.74, 6) is -0.362. The number of rotatable bonds is 5. The van der Waals surface area contributed by atoms with E-state index < -0.39 is 18.5 Å². The second kappa shape index (κ2) is 10.2. The first-order chi connectivity index (χ1) is 16.7. The van der Waals surface area contributed by atoms with Gasteiger partial charge in [0.05, 0.1) is 19.7 Å². The Morgan fingerprint density at radius 3 is 2.66 bits per heavy atom. The largest absolute Gasteiger partial charge is 0.573 e. The predicted molar refractivity (Wildman–Crippen MR) is 123 cm³/mol. The highest BCUT2D eigenvalue weighted by molar-refractivity contribution is 5.89. The molecule has 0 bridgehead atoms. The van der Waals surface area contributed by atoms with Crippen LogP contribution in [-0.2, 0) is 11.3 Å². The van der Waals surface area contributed by atoms with Gasteiger partial charge in [-0.15, -0.1) is 13.2 Å². The highest BCUT2D eigenvalue weighted by atomic mass is 19.4. The van der Waals surface area contributed by atoms with Crippen molar-refractivity contribution in [2.45, 2.75) is 25.9 Å². The maximum Gasteiger partial charge on any atom is 0.573 e. The minimum atomic E-state index is -4.81. The lowest BCUT2D eigenvalue weighted by atomic mass is 10.1. The number of hydrogen-bond donors (Lipinski definition) is 1. The van der Waals surface area contributed by atoms with Crippen LogP contribution >= 0.6 is 0 Å². The monoisotopic (exact) mass is 487 g/mol. The van der Waals surface area contributed by atoms with Crippen molar-refractivity contribution >= 4 is 11.7 Å². The van der Waals surface area contributed by atoms with E-state index in [1.807, 2.05) is 31.2 Å². The zero-order valence-electron chi connectivity index (χ0n) is 18.9. The van der Waals surface area contributed by atoms with Crippen molar-refractivity contribution in [2.75, 3.05) is 25.0 Å². The van der Waals surface area contributed by atoms with E-state index in [-0.39, 0.29) is 36.7 Å². The van der Waals surface area contributed by atoms with Crippen LogP contribution in [0.1, 0.15) is 22.8 Å². The predicted octanol–water partition coefficient (Wildman–Crippen LogP) is 4.71. The van der Waals surface area contributed by atoms with Crippen LogP contribution in [-0.4, -0.2) is 41.6 Å². The van der Waals surface area contributed by atoms with E-state index in [1.165, 1.54) is 33.7 Å².